The van der Waals surface area contributed by atoms with Crippen LogP contribution in [0.4, 0.5) is 5.69 Å². The van der Waals surface area contributed by atoms with E-state index < -0.39 is 18.0 Å². The van der Waals surface area contributed by atoms with E-state index >= 15 is 0 Å². The molecular formula is C14H17NO4. The highest BCUT2D eigenvalue weighted by molar-refractivity contribution is 6.02. The van der Waals surface area contributed by atoms with Gasteiger partial charge < -0.3 is 15.1 Å². The van der Waals surface area contributed by atoms with Crippen molar-refractivity contribution in [3.05, 3.63) is 29.3 Å². The normalized spacial score (nSPS) is 22.9. The predicted octanol–water partition coefficient (Wildman–Crippen LogP) is 1.10. The maximum atomic E-state index is 12.1. The largest absolute Gasteiger partial charge is 0.481 e. The monoisotopic (exact) mass is 263 g/mol. The average molecular weight is 263 g/mol. The molecule has 1 aliphatic heterocycles. The van der Waals surface area contributed by atoms with Gasteiger partial charge in [0.1, 0.15) is 5.41 Å². The summed E-state index contributed by atoms with van der Waals surface area (Å²) in [5, 5.41) is 18.6. The van der Waals surface area contributed by atoms with Crippen LogP contribution < -0.4 is 4.90 Å². The molecule has 1 aliphatic rings. The number of carbonyl (C=O) groups is 2. The molecule has 1 heterocycles. The Kier molecular flexibility index (Phi) is 3.32. The second-order valence-corrected chi connectivity index (χ2v) is 5.14. The Morgan fingerprint density at radius 3 is 2.37 bits per heavy atom. The van der Waals surface area contributed by atoms with Gasteiger partial charge >= 0.3 is 5.97 Å². The second-order valence-electron chi connectivity index (χ2n) is 5.14. The van der Waals surface area contributed by atoms with E-state index in [4.69, 9.17) is 0 Å². The second kappa shape index (κ2) is 4.66. The van der Waals surface area contributed by atoms with Gasteiger partial charge in [-0.05, 0) is 25.0 Å². The van der Waals surface area contributed by atoms with E-state index in [0.717, 1.165) is 16.8 Å². The number of aliphatic carboxylic acids is 1. The molecule has 2 N–H and O–H groups in total. The molecule has 5 heteroatoms. The minimum atomic E-state index is -1.38. The van der Waals surface area contributed by atoms with Gasteiger partial charge in [-0.3, -0.25) is 9.59 Å². The third-order valence-corrected chi connectivity index (χ3v) is 3.72. The summed E-state index contributed by atoms with van der Waals surface area (Å²) in [6.07, 6.45) is -0.160. The van der Waals surface area contributed by atoms with Crippen LogP contribution in [0.5, 0.6) is 0 Å². The number of rotatable bonds is 3. The highest BCUT2D eigenvalue weighted by atomic mass is 16.4. The van der Waals surface area contributed by atoms with Crippen molar-refractivity contribution in [1.29, 1.82) is 0 Å². The standard InChI is InChI=1S/C14H17NO4/c1-9-4-3-5-10(2)12(9)15-7-14(8-16,13(18)19)6-11(15)17/h3-5,16H,6-8H2,1-2H3,(H,18,19). The van der Waals surface area contributed by atoms with E-state index in [-0.39, 0.29) is 18.9 Å². The van der Waals surface area contributed by atoms with Crippen LogP contribution in [0.2, 0.25) is 0 Å². The number of aliphatic hydroxyl groups is 1. The summed E-state index contributed by atoms with van der Waals surface area (Å²) in [7, 11) is 0. The number of benzene rings is 1. The third kappa shape index (κ3) is 2.10. The highest BCUT2D eigenvalue weighted by Gasteiger charge is 2.49. The summed E-state index contributed by atoms with van der Waals surface area (Å²) in [5.74, 6) is -1.38. The topological polar surface area (TPSA) is 77.8 Å². The Balaban J connectivity index is 2.43. The van der Waals surface area contributed by atoms with Crippen molar-refractivity contribution in [3.8, 4) is 0 Å². The SMILES string of the molecule is Cc1cccc(C)c1N1CC(CO)(C(=O)O)CC1=O. The number of nitrogens with zero attached hydrogens (tertiary/aromatic N) is 1. The molecular weight excluding hydrogens is 246 g/mol. The zero-order valence-corrected chi connectivity index (χ0v) is 11.0. The summed E-state index contributed by atoms with van der Waals surface area (Å²) >= 11 is 0. The molecule has 1 fully saturated rings. The fourth-order valence-corrected chi connectivity index (χ4v) is 2.58. The fourth-order valence-electron chi connectivity index (χ4n) is 2.58. The maximum absolute atomic E-state index is 12.1. The zero-order chi connectivity index (χ0) is 14.2. The first kappa shape index (κ1) is 13.5. The van der Waals surface area contributed by atoms with Crippen LogP contribution in [0.3, 0.4) is 0 Å². The number of aliphatic hydroxyl groups excluding tert-OH is 1. The number of hydrogen-bond acceptors (Lipinski definition) is 3. The van der Waals surface area contributed by atoms with E-state index in [1.54, 1.807) is 0 Å². The van der Waals surface area contributed by atoms with Crippen molar-refractivity contribution >= 4 is 17.6 Å². The van der Waals surface area contributed by atoms with Crippen molar-refractivity contribution in [1.82, 2.24) is 0 Å². The molecule has 19 heavy (non-hydrogen) atoms. The lowest BCUT2D eigenvalue weighted by Crippen LogP contribution is -2.38. The average Bonchev–Trinajstić information content (AvgIpc) is 2.68. The Morgan fingerprint density at radius 1 is 1.37 bits per heavy atom. The lowest BCUT2D eigenvalue weighted by atomic mass is 9.88. The number of hydrogen-bond donors (Lipinski definition) is 2. The van der Waals surface area contributed by atoms with Crippen molar-refractivity contribution in [2.24, 2.45) is 5.41 Å². The number of carboxylic acid groups (broad SMARTS) is 1. The molecule has 0 radical (unpaired) electrons. The predicted molar refractivity (Wildman–Crippen MR) is 70.0 cm³/mol. The van der Waals surface area contributed by atoms with Gasteiger partial charge in [0.15, 0.2) is 0 Å². The van der Waals surface area contributed by atoms with Crippen LogP contribution in [0.25, 0.3) is 0 Å². The molecule has 0 bridgehead atoms. The van der Waals surface area contributed by atoms with Gasteiger partial charge in [-0.15, -0.1) is 0 Å². The molecule has 1 saturated heterocycles. The Morgan fingerprint density at radius 2 is 1.95 bits per heavy atom. The maximum Gasteiger partial charge on any atom is 0.314 e. The molecule has 0 aromatic heterocycles. The van der Waals surface area contributed by atoms with Gasteiger partial charge in [0.05, 0.1) is 6.61 Å². The third-order valence-electron chi connectivity index (χ3n) is 3.72. The van der Waals surface area contributed by atoms with Crippen LogP contribution >= 0.6 is 0 Å². The fraction of sp³-hybridized carbons (Fsp3) is 0.429. The molecule has 1 amide bonds. The molecule has 0 spiro atoms. The lowest BCUT2D eigenvalue weighted by Gasteiger charge is -2.24. The molecule has 102 valence electrons. The molecule has 1 unspecified atom stereocenters. The van der Waals surface area contributed by atoms with Gasteiger partial charge in [0, 0.05) is 18.7 Å². The quantitative estimate of drug-likeness (QED) is 0.856. The van der Waals surface area contributed by atoms with Crippen molar-refractivity contribution < 1.29 is 19.8 Å². The van der Waals surface area contributed by atoms with Gasteiger partial charge in [-0.2, -0.15) is 0 Å². The summed E-state index contributed by atoms with van der Waals surface area (Å²) < 4.78 is 0. The van der Waals surface area contributed by atoms with Gasteiger partial charge in [0.2, 0.25) is 5.91 Å². The number of anilines is 1. The summed E-state index contributed by atoms with van der Waals surface area (Å²) in [4.78, 5) is 24.9. The molecule has 2 rings (SSSR count). The summed E-state index contributed by atoms with van der Waals surface area (Å²) in [5.41, 5.74) is 1.22. The van der Waals surface area contributed by atoms with Crippen LogP contribution in [-0.4, -0.2) is 35.2 Å². The first-order valence-corrected chi connectivity index (χ1v) is 6.12. The number of aryl methyl sites for hydroxylation is 2. The van der Waals surface area contributed by atoms with Gasteiger partial charge in [-0.1, -0.05) is 18.2 Å². The molecule has 1 aromatic rings. The van der Waals surface area contributed by atoms with E-state index in [0.29, 0.717) is 0 Å². The molecule has 1 aromatic carbocycles. The van der Waals surface area contributed by atoms with E-state index in [1.165, 1.54) is 4.90 Å². The first-order valence-electron chi connectivity index (χ1n) is 6.12. The van der Waals surface area contributed by atoms with Crippen molar-refractivity contribution in [2.45, 2.75) is 20.3 Å². The number of amides is 1. The molecule has 0 saturated carbocycles. The van der Waals surface area contributed by atoms with Crippen LogP contribution in [0.1, 0.15) is 17.5 Å². The van der Waals surface area contributed by atoms with E-state index in [9.17, 15) is 19.8 Å². The summed E-state index contributed by atoms with van der Waals surface area (Å²) in [6.45, 7) is 3.25. The smallest absolute Gasteiger partial charge is 0.314 e. The lowest BCUT2D eigenvalue weighted by molar-refractivity contribution is -0.150. The Labute approximate surface area is 111 Å². The molecule has 1 atom stereocenters. The number of para-hydroxylation sites is 1. The van der Waals surface area contributed by atoms with E-state index in [1.807, 2.05) is 32.0 Å². The number of carboxylic acids is 1. The van der Waals surface area contributed by atoms with Crippen molar-refractivity contribution in [3.63, 3.8) is 0 Å². The Hall–Kier alpha value is -1.88. The van der Waals surface area contributed by atoms with Crippen molar-refractivity contribution in [2.75, 3.05) is 18.1 Å². The Bertz CT molecular complexity index is 520. The minimum absolute atomic E-state index is 0.0172. The highest BCUT2D eigenvalue weighted by Crippen LogP contribution is 2.37. The van der Waals surface area contributed by atoms with Gasteiger partial charge in [-0.25, -0.2) is 0 Å². The molecule has 0 aliphatic carbocycles. The molecule has 5 nitrogen and oxygen atoms in total. The van der Waals surface area contributed by atoms with Gasteiger partial charge in [0.25, 0.3) is 0 Å². The van der Waals surface area contributed by atoms with Crippen LogP contribution in [0, 0.1) is 19.3 Å². The van der Waals surface area contributed by atoms with E-state index in [2.05, 4.69) is 0 Å². The minimum Gasteiger partial charge on any atom is -0.481 e. The zero-order valence-electron chi connectivity index (χ0n) is 11.0. The van der Waals surface area contributed by atoms with Crippen LogP contribution in [0.15, 0.2) is 18.2 Å². The number of carbonyl (C=O) groups excluding carboxylic acids is 1. The van der Waals surface area contributed by atoms with Crippen LogP contribution in [-0.2, 0) is 9.59 Å². The summed E-state index contributed by atoms with van der Waals surface area (Å²) in [6, 6.07) is 5.66. The first-order chi connectivity index (χ1) is 8.91.